The quantitative estimate of drug-likeness (QED) is 0.643. The van der Waals surface area contributed by atoms with Crippen molar-refractivity contribution in [3.05, 3.63) is 26.0 Å². The van der Waals surface area contributed by atoms with Crippen LogP contribution < -0.4 is 16.2 Å². The van der Waals surface area contributed by atoms with Gasteiger partial charge in [-0.1, -0.05) is 34.6 Å². The summed E-state index contributed by atoms with van der Waals surface area (Å²) < 4.78 is 0. The predicted octanol–water partition coefficient (Wildman–Crippen LogP) is 2.36. The summed E-state index contributed by atoms with van der Waals surface area (Å²) in [6.45, 7) is 11.7. The molecule has 0 spiro atoms. The van der Waals surface area contributed by atoms with Crippen molar-refractivity contribution in [3.8, 4) is 0 Å². The van der Waals surface area contributed by atoms with Crippen molar-refractivity contribution in [2.45, 2.75) is 52.9 Å². The molecular weight excluding hydrogens is 252 g/mol. The molecule has 0 aliphatic rings. The van der Waals surface area contributed by atoms with Gasteiger partial charge in [0, 0.05) is 12.1 Å². The lowest BCUT2D eigenvalue weighted by molar-refractivity contribution is 0.396. The van der Waals surface area contributed by atoms with Crippen LogP contribution in [0.1, 0.15) is 53.0 Å². The molecular formula is C16H30N2O2. The molecule has 1 rings (SSSR count). The van der Waals surface area contributed by atoms with Gasteiger partial charge in [0.2, 0.25) is 10.9 Å². The lowest BCUT2D eigenvalue weighted by atomic mass is 9.82. The number of anilines is 1. The number of rotatable bonds is 6. The van der Waals surface area contributed by atoms with Crippen molar-refractivity contribution in [2.24, 2.45) is 0 Å². The number of hydrogen-bond donors (Lipinski definition) is 1. The molecule has 116 valence electrons. The van der Waals surface area contributed by atoms with Gasteiger partial charge in [0.05, 0.1) is 5.69 Å². The van der Waals surface area contributed by atoms with Crippen LogP contribution in [0, 0.1) is 0 Å². The molecule has 0 heterocycles. The van der Waals surface area contributed by atoms with E-state index in [9.17, 15) is 9.59 Å². The van der Waals surface area contributed by atoms with Crippen LogP contribution in [0.4, 0.5) is 5.69 Å². The monoisotopic (exact) mass is 282 g/mol. The molecule has 4 heteroatoms. The van der Waals surface area contributed by atoms with Gasteiger partial charge >= 0.3 is 0 Å². The van der Waals surface area contributed by atoms with Crippen LogP contribution in [0.2, 0.25) is 0 Å². The minimum absolute atomic E-state index is 0.253. The highest BCUT2D eigenvalue weighted by Gasteiger charge is 2.29. The summed E-state index contributed by atoms with van der Waals surface area (Å²) in [5.74, 6) is 0. The zero-order chi connectivity index (χ0) is 15.9. The van der Waals surface area contributed by atoms with Crippen molar-refractivity contribution in [1.82, 2.24) is 4.90 Å². The summed E-state index contributed by atoms with van der Waals surface area (Å²) in [4.78, 5) is 25.2. The van der Waals surface area contributed by atoms with Gasteiger partial charge in [0.15, 0.2) is 0 Å². The molecule has 0 saturated heterocycles. The minimum Gasteiger partial charge on any atom is -0.381 e. The Kier molecular flexibility index (Phi) is 7.72. The number of unbranched alkanes of at least 4 members (excludes halogenated alkanes) is 1. The Labute approximate surface area is 122 Å². The number of hydrogen-bond acceptors (Lipinski definition) is 4. The van der Waals surface area contributed by atoms with Crippen LogP contribution in [0.5, 0.6) is 0 Å². The maximum absolute atomic E-state index is 11.5. The Bertz CT molecular complexity index is 463. The van der Waals surface area contributed by atoms with E-state index in [0.29, 0.717) is 11.3 Å². The third-order valence-electron chi connectivity index (χ3n) is 2.99. The highest BCUT2D eigenvalue weighted by atomic mass is 16.2. The molecule has 0 aliphatic heterocycles. The summed E-state index contributed by atoms with van der Waals surface area (Å²) >= 11 is 0. The third kappa shape index (κ3) is 5.08. The van der Waals surface area contributed by atoms with Gasteiger partial charge in [0.1, 0.15) is 0 Å². The normalized spacial score (nSPS) is 11.4. The molecule has 0 aromatic heterocycles. The molecule has 0 bridgehead atoms. The first kappa shape index (κ1) is 18.8. The molecule has 1 aromatic rings. The molecule has 0 amide bonds. The second-order valence-corrected chi connectivity index (χ2v) is 6.10. The largest absolute Gasteiger partial charge is 0.381 e. The van der Waals surface area contributed by atoms with E-state index in [1.165, 1.54) is 0 Å². The maximum Gasteiger partial charge on any atom is 0.249 e. The molecule has 0 fully saturated rings. The first-order valence-corrected chi connectivity index (χ1v) is 7.47. The van der Waals surface area contributed by atoms with Gasteiger partial charge in [-0.05, 0) is 38.9 Å². The summed E-state index contributed by atoms with van der Waals surface area (Å²) in [5, 5.41) is 3.12. The SMILES string of the molecule is CC.CN(C)CCCCNc1c(C(C)(C)C)c(=O)c1=O. The molecule has 1 N–H and O–H groups in total. The Morgan fingerprint density at radius 2 is 1.55 bits per heavy atom. The minimum atomic E-state index is -0.354. The average Bonchev–Trinajstić information content (AvgIpc) is 2.36. The van der Waals surface area contributed by atoms with Crippen molar-refractivity contribution >= 4 is 5.69 Å². The van der Waals surface area contributed by atoms with Crippen molar-refractivity contribution in [1.29, 1.82) is 0 Å². The van der Waals surface area contributed by atoms with Crippen LogP contribution in [-0.4, -0.2) is 32.1 Å². The van der Waals surface area contributed by atoms with Crippen LogP contribution in [0.15, 0.2) is 9.59 Å². The first-order valence-electron chi connectivity index (χ1n) is 7.47. The molecule has 1 aromatic carbocycles. The molecule has 0 aliphatic carbocycles. The van der Waals surface area contributed by atoms with E-state index in [-0.39, 0.29) is 16.3 Å². The van der Waals surface area contributed by atoms with Crippen LogP contribution in [-0.2, 0) is 5.41 Å². The second-order valence-electron chi connectivity index (χ2n) is 6.10. The van der Waals surface area contributed by atoms with Gasteiger partial charge in [0.25, 0.3) is 0 Å². The molecule has 0 radical (unpaired) electrons. The van der Waals surface area contributed by atoms with E-state index < -0.39 is 0 Å². The van der Waals surface area contributed by atoms with Crippen LogP contribution in [0.3, 0.4) is 0 Å². The topological polar surface area (TPSA) is 49.4 Å². The van der Waals surface area contributed by atoms with Crippen molar-refractivity contribution < 1.29 is 0 Å². The molecule has 0 unspecified atom stereocenters. The fourth-order valence-corrected chi connectivity index (χ4v) is 2.04. The van der Waals surface area contributed by atoms with Crippen LogP contribution in [0.25, 0.3) is 0 Å². The molecule has 20 heavy (non-hydrogen) atoms. The standard InChI is InChI=1S/C14H24N2O2.C2H6/c1-14(2,3)10-11(13(18)12(10)17)15-8-6-7-9-16(4)5;1-2/h15H,6-9H2,1-5H3;1-2H3. The fourth-order valence-electron chi connectivity index (χ4n) is 2.04. The Morgan fingerprint density at radius 1 is 1.00 bits per heavy atom. The zero-order valence-electron chi connectivity index (χ0n) is 14.1. The highest BCUT2D eigenvalue weighted by molar-refractivity contribution is 5.59. The number of nitrogens with zero attached hydrogens (tertiary/aromatic N) is 1. The lowest BCUT2D eigenvalue weighted by Crippen LogP contribution is -2.43. The van der Waals surface area contributed by atoms with E-state index in [0.717, 1.165) is 25.9 Å². The predicted molar refractivity (Wildman–Crippen MR) is 87.7 cm³/mol. The zero-order valence-corrected chi connectivity index (χ0v) is 14.1. The second kappa shape index (κ2) is 8.20. The van der Waals surface area contributed by atoms with Gasteiger partial charge in [-0.25, -0.2) is 0 Å². The van der Waals surface area contributed by atoms with Crippen molar-refractivity contribution in [3.63, 3.8) is 0 Å². The summed E-state index contributed by atoms with van der Waals surface area (Å²) in [7, 11) is 4.09. The fraction of sp³-hybridized carbons (Fsp3) is 0.750. The Balaban J connectivity index is 0.00000172. The Hall–Kier alpha value is -1.16. The smallest absolute Gasteiger partial charge is 0.249 e. The molecule has 0 saturated carbocycles. The van der Waals surface area contributed by atoms with E-state index >= 15 is 0 Å². The van der Waals surface area contributed by atoms with Gasteiger partial charge in [-0.15, -0.1) is 0 Å². The summed E-state index contributed by atoms with van der Waals surface area (Å²) in [6.07, 6.45) is 2.08. The number of nitrogens with one attached hydrogen (secondary N) is 1. The summed E-state index contributed by atoms with van der Waals surface area (Å²) in [6, 6.07) is 0. The first-order chi connectivity index (χ1) is 9.25. The summed E-state index contributed by atoms with van der Waals surface area (Å²) in [5.41, 5.74) is 0.264. The van der Waals surface area contributed by atoms with E-state index in [1.54, 1.807) is 0 Å². The van der Waals surface area contributed by atoms with Crippen molar-refractivity contribution in [2.75, 3.05) is 32.5 Å². The van der Waals surface area contributed by atoms with Crippen LogP contribution >= 0.6 is 0 Å². The van der Waals surface area contributed by atoms with E-state index in [1.807, 2.05) is 48.7 Å². The maximum atomic E-state index is 11.5. The van der Waals surface area contributed by atoms with Gasteiger partial charge in [-0.2, -0.15) is 0 Å². The molecule has 0 atom stereocenters. The van der Waals surface area contributed by atoms with Gasteiger partial charge in [-0.3, -0.25) is 9.59 Å². The molecule has 4 nitrogen and oxygen atoms in total. The van der Waals surface area contributed by atoms with Gasteiger partial charge < -0.3 is 10.2 Å². The highest BCUT2D eigenvalue weighted by Crippen LogP contribution is 2.25. The van der Waals surface area contributed by atoms with E-state index in [2.05, 4.69) is 10.2 Å². The Morgan fingerprint density at radius 3 is 2.00 bits per heavy atom. The lowest BCUT2D eigenvalue weighted by Gasteiger charge is -2.24. The average molecular weight is 282 g/mol. The van der Waals surface area contributed by atoms with E-state index in [4.69, 9.17) is 0 Å². The third-order valence-corrected chi connectivity index (χ3v) is 2.99.